The van der Waals surface area contributed by atoms with Crippen LogP contribution < -0.4 is 4.90 Å². The van der Waals surface area contributed by atoms with Crippen LogP contribution in [-0.2, 0) is 4.79 Å². The molecule has 2 aromatic carbocycles. The van der Waals surface area contributed by atoms with Gasteiger partial charge in [0.25, 0.3) is 5.22 Å². The number of halogens is 1. The zero-order chi connectivity index (χ0) is 19.5. The van der Waals surface area contributed by atoms with E-state index in [9.17, 15) is 4.79 Å². The molecule has 0 bridgehead atoms. The van der Waals surface area contributed by atoms with Crippen LogP contribution in [0.5, 0.6) is 0 Å². The van der Waals surface area contributed by atoms with Gasteiger partial charge in [-0.3, -0.25) is 9.69 Å². The number of rotatable bonds is 6. The Morgan fingerprint density at radius 3 is 2.71 bits per heavy atom. The Labute approximate surface area is 174 Å². The van der Waals surface area contributed by atoms with Gasteiger partial charge in [-0.25, -0.2) is 4.98 Å². The van der Waals surface area contributed by atoms with Crippen LogP contribution in [0.25, 0.3) is 21.7 Å². The maximum absolute atomic E-state index is 12.7. The summed E-state index contributed by atoms with van der Waals surface area (Å²) in [4.78, 5) is 18.9. The van der Waals surface area contributed by atoms with E-state index >= 15 is 0 Å². The summed E-state index contributed by atoms with van der Waals surface area (Å²) in [5, 5.41) is 9.72. The summed E-state index contributed by atoms with van der Waals surface area (Å²) < 4.78 is 6.70. The number of thioether (sulfide) groups is 1. The molecule has 0 saturated carbocycles. The number of aromatic nitrogens is 3. The van der Waals surface area contributed by atoms with Gasteiger partial charge in [0.1, 0.15) is 0 Å². The third-order valence-electron chi connectivity index (χ3n) is 3.95. The maximum Gasteiger partial charge on any atom is 0.277 e. The maximum atomic E-state index is 12.7. The SMILES string of the molecule is CCN(C(=O)CSc1nnc(-c2ccc(Cl)cc2)o1)c1nc2ccccc2s1. The van der Waals surface area contributed by atoms with E-state index in [0.717, 1.165) is 15.8 Å². The topological polar surface area (TPSA) is 72.1 Å². The third kappa shape index (κ3) is 4.04. The summed E-state index contributed by atoms with van der Waals surface area (Å²) >= 11 is 8.61. The van der Waals surface area contributed by atoms with Crippen LogP contribution >= 0.6 is 34.7 Å². The molecular formula is C19H15ClN4O2S2. The van der Waals surface area contributed by atoms with E-state index in [4.69, 9.17) is 16.0 Å². The average molecular weight is 431 g/mol. The molecule has 1 amide bonds. The number of hydrogen-bond donors (Lipinski definition) is 0. The number of nitrogens with zero attached hydrogens (tertiary/aromatic N) is 4. The van der Waals surface area contributed by atoms with Gasteiger partial charge in [0.2, 0.25) is 11.8 Å². The quantitative estimate of drug-likeness (QED) is 0.394. The number of para-hydroxylation sites is 1. The molecule has 0 fully saturated rings. The smallest absolute Gasteiger partial charge is 0.277 e. The van der Waals surface area contributed by atoms with Crippen molar-refractivity contribution in [3.8, 4) is 11.5 Å². The first-order valence-electron chi connectivity index (χ1n) is 8.52. The second-order valence-electron chi connectivity index (χ2n) is 5.77. The van der Waals surface area contributed by atoms with Crippen molar-refractivity contribution in [1.29, 1.82) is 0 Å². The van der Waals surface area contributed by atoms with Gasteiger partial charge in [-0.15, -0.1) is 10.2 Å². The van der Waals surface area contributed by atoms with E-state index in [1.807, 2.05) is 31.2 Å². The third-order valence-corrected chi connectivity index (χ3v) is 6.06. The fourth-order valence-corrected chi connectivity index (χ4v) is 4.38. The number of fused-ring (bicyclic) bond motifs is 1. The lowest BCUT2D eigenvalue weighted by atomic mass is 10.2. The van der Waals surface area contributed by atoms with Gasteiger partial charge >= 0.3 is 0 Å². The van der Waals surface area contributed by atoms with Gasteiger partial charge in [-0.05, 0) is 43.3 Å². The van der Waals surface area contributed by atoms with Crippen molar-refractivity contribution in [3.05, 3.63) is 53.6 Å². The van der Waals surface area contributed by atoms with E-state index in [1.165, 1.54) is 23.1 Å². The standard InChI is InChI=1S/C19H15ClN4O2S2/c1-2-24(18-21-14-5-3-4-6-15(14)28-18)16(25)11-27-19-23-22-17(26-19)12-7-9-13(20)10-8-12/h3-10H,2,11H2,1H3. The van der Waals surface area contributed by atoms with Crippen LogP contribution in [0.2, 0.25) is 5.02 Å². The normalized spacial score (nSPS) is 11.1. The molecule has 0 saturated heterocycles. The zero-order valence-electron chi connectivity index (χ0n) is 14.8. The summed E-state index contributed by atoms with van der Waals surface area (Å²) in [6, 6.07) is 15.0. The van der Waals surface area contributed by atoms with Gasteiger partial charge in [0.05, 0.1) is 16.0 Å². The van der Waals surface area contributed by atoms with Gasteiger partial charge in [0.15, 0.2) is 5.13 Å². The first-order chi connectivity index (χ1) is 13.6. The van der Waals surface area contributed by atoms with E-state index < -0.39 is 0 Å². The number of hydrogen-bond acceptors (Lipinski definition) is 7. The van der Waals surface area contributed by atoms with Crippen LogP contribution in [0, 0.1) is 0 Å². The number of thiazole rings is 1. The predicted octanol–water partition coefficient (Wildman–Crippen LogP) is 5.14. The van der Waals surface area contributed by atoms with Gasteiger partial charge < -0.3 is 4.42 Å². The van der Waals surface area contributed by atoms with Crippen LogP contribution in [0.4, 0.5) is 5.13 Å². The summed E-state index contributed by atoms with van der Waals surface area (Å²) in [7, 11) is 0. The first-order valence-corrected chi connectivity index (χ1v) is 10.7. The largest absolute Gasteiger partial charge is 0.411 e. The van der Waals surface area contributed by atoms with Crippen molar-refractivity contribution in [2.45, 2.75) is 12.1 Å². The Hall–Kier alpha value is -2.42. The highest BCUT2D eigenvalue weighted by molar-refractivity contribution is 7.99. The molecule has 0 aliphatic rings. The lowest BCUT2D eigenvalue weighted by Crippen LogP contribution is -2.32. The molecule has 142 valence electrons. The fraction of sp³-hybridized carbons (Fsp3) is 0.158. The summed E-state index contributed by atoms with van der Waals surface area (Å²) in [5.41, 5.74) is 1.67. The molecule has 0 aliphatic carbocycles. The van der Waals surface area contributed by atoms with E-state index in [0.29, 0.717) is 27.8 Å². The van der Waals surface area contributed by atoms with Crippen molar-refractivity contribution in [2.75, 3.05) is 17.2 Å². The number of benzene rings is 2. The molecule has 6 nitrogen and oxygen atoms in total. The number of carbonyl (C=O) groups is 1. The second kappa shape index (κ2) is 8.30. The zero-order valence-corrected chi connectivity index (χ0v) is 17.2. The minimum atomic E-state index is -0.0576. The molecule has 9 heteroatoms. The van der Waals surface area contributed by atoms with E-state index in [2.05, 4.69) is 15.2 Å². The van der Waals surface area contributed by atoms with Gasteiger partial charge in [-0.1, -0.05) is 46.8 Å². The Bertz CT molecular complexity index is 1080. The molecule has 28 heavy (non-hydrogen) atoms. The highest BCUT2D eigenvalue weighted by Gasteiger charge is 2.19. The molecule has 0 radical (unpaired) electrons. The minimum Gasteiger partial charge on any atom is -0.411 e. The summed E-state index contributed by atoms with van der Waals surface area (Å²) in [6.07, 6.45) is 0. The second-order valence-corrected chi connectivity index (χ2v) is 8.14. The Morgan fingerprint density at radius 1 is 1.18 bits per heavy atom. The van der Waals surface area contributed by atoms with Gasteiger partial charge in [0, 0.05) is 17.1 Å². The molecule has 4 rings (SSSR count). The molecule has 0 N–H and O–H groups in total. The molecule has 0 atom stereocenters. The highest BCUT2D eigenvalue weighted by Crippen LogP contribution is 2.30. The van der Waals surface area contributed by atoms with Crippen LogP contribution in [0.3, 0.4) is 0 Å². The molecule has 0 aliphatic heterocycles. The fourth-order valence-electron chi connectivity index (χ4n) is 2.57. The van der Waals surface area contributed by atoms with Gasteiger partial charge in [-0.2, -0.15) is 0 Å². The lowest BCUT2D eigenvalue weighted by Gasteiger charge is -2.16. The lowest BCUT2D eigenvalue weighted by molar-refractivity contribution is -0.116. The van der Waals surface area contributed by atoms with E-state index in [1.54, 1.807) is 29.2 Å². The molecule has 0 unspecified atom stereocenters. The Balaban J connectivity index is 1.43. The van der Waals surface area contributed by atoms with Crippen molar-refractivity contribution in [3.63, 3.8) is 0 Å². The molecule has 0 spiro atoms. The minimum absolute atomic E-state index is 0.0576. The monoisotopic (exact) mass is 430 g/mol. The molecule has 2 heterocycles. The molecule has 4 aromatic rings. The number of anilines is 1. The first kappa shape index (κ1) is 18.9. The van der Waals surface area contributed by atoms with Crippen LogP contribution in [-0.4, -0.2) is 33.4 Å². The molecule has 2 aromatic heterocycles. The Kier molecular flexibility index (Phi) is 5.61. The van der Waals surface area contributed by atoms with Crippen molar-refractivity contribution in [1.82, 2.24) is 15.2 Å². The predicted molar refractivity (Wildman–Crippen MR) is 113 cm³/mol. The van der Waals surface area contributed by atoms with Crippen LogP contribution in [0.15, 0.2) is 58.2 Å². The van der Waals surface area contributed by atoms with Crippen LogP contribution in [0.1, 0.15) is 6.92 Å². The van der Waals surface area contributed by atoms with Crippen molar-refractivity contribution >= 4 is 56.0 Å². The average Bonchev–Trinajstić information content (AvgIpc) is 3.34. The van der Waals surface area contributed by atoms with Crippen molar-refractivity contribution < 1.29 is 9.21 Å². The summed E-state index contributed by atoms with van der Waals surface area (Å²) in [5.74, 6) is 0.523. The number of amides is 1. The molecular weight excluding hydrogens is 416 g/mol. The Morgan fingerprint density at radius 2 is 1.96 bits per heavy atom. The number of carbonyl (C=O) groups excluding carboxylic acids is 1. The van der Waals surface area contributed by atoms with E-state index in [-0.39, 0.29) is 11.7 Å². The summed E-state index contributed by atoms with van der Waals surface area (Å²) in [6.45, 7) is 2.47. The van der Waals surface area contributed by atoms with Crippen molar-refractivity contribution in [2.24, 2.45) is 0 Å². The highest BCUT2D eigenvalue weighted by atomic mass is 35.5.